The van der Waals surface area contributed by atoms with Crippen molar-refractivity contribution < 1.29 is 4.74 Å². The quantitative estimate of drug-likeness (QED) is 0.714. The Morgan fingerprint density at radius 1 is 1.43 bits per heavy atom. The van der Waals surface area contributed by atoms with Crippen molar-refractivity contribution in [1.29, 1.82) is 0 Å². The summed E-state index contributed by atoms with van der Waals surface area (Å²) in [5.41, 5.74) is 6.16. The van der Waals surface area contributed by atoms with Crippen molar-refractivity contribution in [2.45, 2.75) is 6.42 Å². The highest BCUT2D eigenvalue weighted by atomic mass is 16.5. The summed E-state index contributed by atoms with van der Waals surface area (Å²) >= 11 is 0. The van der Waals surface area contributed by atoms with Gasteiger partial charge >= 0.3 is 0 Å². The van der Waals surface area contributed by atoms with E-state index in [2.05, 4.69) is 9.97 Å². The standard InChI is InChI=1S/C9H12N4O/c10-2-1-5-14-9-7-12-8-6-11-3-4-13(8)9/h3-4,6-7H,1-2,5,10H2. The number of hydrogen-bond donors (Lipinski definition) is 1. The lowest BCUT2D eigenvalue weighted by Gasteiger charge is -2.03. The third-order valence-corrected chi connectivity index (χ3v) is 1.88. The lowest BCUT2D eigenvalue weighted by molar-refractivity contribution is 0.299. The van der Waals surface area contributed by atoms with Crippen LogP contribution < -0.4 is 10.5 Å². The molecule has 0 radical (unpaired) electrons. The van der Waals surface area contributed by atoms with Crippen LogP contribution in [0.3, 0.4) is 0 Å². The van der Waals surface area contributed by atoms with Crippen LogP contribution in [0.4, 0.5) is 0 Å². The second-order valence-electron chi connectivity index (χ2n) is 2.89. The molecule has 0 spiro atoms. The smallest absolute Gasteiger partial charge is 0.218 e. The van der Waals surface area contributed by atoms with Crippen LogP contribution in [0.25, 0.3) is 5.65 Å². The lowest BCUT2D eigenvalue weighted by atomic mass is 10.5. The van der Waals surface area contributed by atoms with Gasteiger partial charge in [-0.2, -0.15) is 0 Å². The fourth-order valence-corrected chi connectivity index (χ4v) is 1.19. The van der Waals surface area contributed by atoms with Crippen molar-refractivity contribution in [2.75, 3.05) is 13.2 Å². The number of rotatable bonds is 4. The first-order valence-corrected chi connectivity index (χ1v) is 4.52. The minimum absolute atomic E-state index is 0.618. The minimum atomic E-state index is 0.618. The number of nitrogens with two attached hydrogens (primary N) is 1. The van der Waals surface area contributed by atoms with E-state index in [1.165, 1.54) is 0 Å². The van der Waals surface area contributed by atoms with E-state index in [9.17, 15) is 0 Å². The molecule has 0 atom stereocenters. The van der Waals surface area contributed by atoms with Crippen LogP contribution in [0.1, 0.15) is 6.42 Å². The van der Waals surface area contributed by atoms with E-state index in [1.54, 1.807) is 18.6 Å². The Morgan fingerprint density at radius 3 is 3.21 bits per heavy atom. The molecule has 2 aromatic heterocycles. The Bertz CT molecular complexity index is 412. The second kappa shape index (κ2) is 4.06. The molecule has 0 unspecified atom stereocenters. The summed E-state index contributed by atoms with van der Waals surface area (Å²) in [5.74, 6) is 0.732. The molecule has 2 N–H and O–H groups in total. The summed E-state index contributed by atoms with van der Waals surface area (Å²) < 4.78 is 7.34. The number of aromatic nitrogens is 3. The Balaban J connectivity index is 2.17. The van der Waals surface area contributed by atoms with E-state index in [1.807, 2.05) is 10.6 Å². The van der Waals surface area contributed by atoms with Gasteiger partial charge in [0.2, 0.25) is 5.88 Å². The first kappa shape index (κ1) is 8.96. The van der Waals surface area contributed by atoms with E-state index < -0.39 is 0 Å². The molecule has 0 aliphatic heterocycles. The SMILES string of the molecule is NCCCOc1cnc2cnccn12. The zero-order valence-electron chi connectivity index (χ0n) is 7.76. The molecule has 2 aromatic rings. The van der Waals surface area contributed by atoms with Crippen molar-refractivity contribution >= 4 is 5.65 Å². The molecule has 0 saturated carbocycles. The fourth-order valence-electron chi connectivity index (χ4n) is 1.19. The van der Waals surface area contributed by atoms with Crippen LogP contribution in [0, 0.1) is 0 Å². The third kappa shape index (κ3) is 1.67. The van der Waals surface area contributed by atoms with E-state index in [0.717, 1.165) is 17.9 Å². The van der Waals surface area contributed by atoms with Crippen LogP contribution in [0.2, 0.25) is 0 Å². The highest BCUT2D eigenvalue weighted by molar-refractivity contribution is 5.39. The summed E-state index contributed by atoms with van der Waals surface area (Å²) in [5, 5.41) is 0. The highest BCUT2D eigenvalue weighted by Gasteiger charge is 2.02. The van der Waals surface area contributed by atoms with Gasteiger partial charge in [0.25, 0.3) is 0 Å². The summed E-state index contributed by atoms with van der Waals surface area (Å²) in [6, 6.07) is 0. The van der Waals surface area contributed by atoms with E-state index in [4.69, 9.17) is 10.5 Å². The van der Waals surface area contributed by atoms with Crippen LogP contribution in [-0.4, -0.2) is 27.5 Å². The lowest BCUT2D eigenvalue weighted by Crippen LogP contribution is -2.07. The molecular formula is C9H12N4O. The van der Waals surface area contributed by atoms with E-state index in [0.29, 0.717) is 13.2 Å². The summed E-state index contributed by atoms with van der Waals surface area (Å²) in [6.07, 6.45) is 7.74. The molecule has 0 bridgehead atoms. The largest absolute Gasteiger partial charge is 0.477 e. The maximum absolute atomic E-state index is 5.49. The number of imidazole rings is 1. The average Bonchev–Trinajstić information content (AvgIpc) is 2.63. The first-order valence-electron chi connectivity index (χ1n) is 4.52. The molecule has 2 rings (SSSR count). The zero-order chi connectivity index (χ0) is 9.80. The third-order valence-electron chi connectivity index (χ3n) is 1.88. The van der Waals surface area contributed by atoms with Crippen molar-refractivity contribution in [3.05, 3.63) is 24.8 Å². The maximum atomic E-state index is 5.49. The van der Waals surface area contributed by atoms with E-state index in [-0.39, 0.29) is 0 Å². The molecule has 0 aliphatic rings. The van der Waals surface area contributed by atoms with Crippen LogP contribution in [-0.2, 0) is 0 Å². The molecular weight excluding hydrogens is 180 g/mol. The molecule has 0 amide bonds. The van der Waals surface area contributed by atoms with Gasteiger partial charge in [-0.1, -0.05) is 0 Å². The zero-order valence-corrected chi connectivity index (χ0v) is 7.76. The number of hydrogen-bond acceptors (Lipinski definition) is 4. The molecule has 5 nitrogen and oxygen atoms in total. The van der Waals surface area contributed by atoms with Gasteiger partial charge in [-0.05, 0) is 13.0 Å². The Labute approximate surface area is 81.5 Å². The Hall–Kier alpha value is -1.62. The normalized spacial score (nSPS) is 10.6. The van der Waals surface area contributed by atoms with Crippen LogP contribution in [0.15, 0.2) is 24.8 Å². The van der Waals surface area contributed by atoms with Gasteiger partial charge in [0.1, 0.15) is 0 Å². The molecule has 0 aromatic carbocycles. The summed E-state index contributed by atoms with van der Waals surface area (Å²) in [6.45, 7) is 1.25. The van der Waals surface area contributed by atoms with Gasteiger partial charge < -0.3 is 10.5 Å². The van der Waals surface area contributed by atoms with Crippen molar-refractivity contribution in [1.82, 2.24) is 14.4 Å². The maximum Gasteiger partial charge on any atom is 0.218 e. The monoisotopic (exact) mass is 192 g/mol. The van der Waals surface area contributed by atoms with Crippen LogP contribution in [0.5, 0.6) is 5.88 Å². The van der Waals surface area contributed by atoms with Gasteiger partial charge in [-0.25, -0.2) is 4.98 Å². The van der Waals surface area contributed by atoms with Gasteiger partial charge in [0.05, 0.1) is 19.0 Å². The van der Waals surface area contributed by atoms with Crippen molar-refractivity contribution in [2.24, 2.45) is 5.73 Å². The number of nitrogens with zero attached hydrogens (tertiary/aromatic N) is 3. The Morgan fingerprint density at radius 2 is 2.36 bits per heavy atom. The molecule has 0 fully saturated rings. The van der Waals surface area contributed by atoms with Crippen molar-refractivity contribution in [3.8, 4) is 5.88 Å². The van der Waals surface area contributed by atoms with Gasteiger partial charge in [0.15, 0.2) is 5.65 Å². The van der Waals surface area contributed by atoms with Gasteiger partial charge in [0, 0.05) is 12.4 Å². The summed E-state index contributed by atoms with van der Waals surface area (Å²) in [7, 11) is 0. The fraction of sp³-hybridized carbons (Fsp3) is 0.333. The molecule has 0 aliphatic carbocycles. The summed E-state index contributed by atoms with van der Waals surface area (Å²) in [4.78, 5) is 8.11. The highest BCUT2D eigenvalue weighted by Crippen LogP contribution is 2.12. The van der Waals surface area contributed by atoms with Crippen molar-refractivity contribution in [3.63, 3.8) is 0 Å². The molecule has 0 saturated heterocycles. The number of fused-ring (bicyclic) bond motifs is 1. The molecule has 74 valence electrons. The predicted molar refractivity (Wildman–Crippen MR) is 52.2 cm³/mol. The minimum Gasteiger partial charge on any atom is -0.477 e. The molecule has 14 heavy (non-hydrogen) atoms. The molecule has 5 heteroatoms. The second-order valence-corrected chi connectivity index (χ2v) is 2.89. The van der Waals surface area contributed by atoms with E-state index >= 15 is 0 Å². The van der Waals surface area contributed by atoms with Gasteiger partial charge in [-0.15, -0.1) is 0 Å². The van der Waals surface area contributed by atoms with Crippen LogP contribution >= 0.6 is 0 Å². The number of ether oxygens (including phenoxy) is 1. The Kier molecular flexibility index (Phi) is 2.60. The topological polar surface area (TPSA) is 65.4 Å². The predicted octanol–water partition coefficient (Wildman–Crippen LogP) is 0.457. The van der Waals surface area contributed by atoms with Gasteiger partial charge in [-0.3, -0.25) is 9.38 Å². The average molecular weight is 192 g/mol. The molecule has 2 heterocycles. The first-order chi connectivity index (χ1) is 6.92.